The number of nitrogens with zero attached hydrogens (tertiary/aromatic N) is 3. The Morgan fingerprint density at radius 1 is 0.165 bits per heavy atom. The summed E-state index contributed by atoms with van der Waals surface area (Å²) in [5.41, 5.74) is 28.9. The van der Waals surface area contributed by atoms with Crippen molar-refractivity contribution in [1.82, 2.24) is 15.0 Å². The largest absolute Gasteiger partial charge is 3.00 e. The summed E-state index contributed by atoms with van der Waals surface area (Å²) >= 11 is 0. The minimum atomic E-state index is 0. The van der Waals surface area contributed by atoms with E-state index in [1.165, 1.54) is 5.56 Å². The molecule has 15 rings (SSSR count). The van der Waals surface area contributed by atoms with Crippen LogP contribution in [0, 0.1) is 18.2 Å². The van der Waals surface area contributed by atoms with E-state index < -0.39 is 0 Å². The van der Waals surface area contributed by atoms with E-state index in [0.717, 1.165) is 151 Å². The summed E-state index contributed by atoms with van der Waals surface area (Å²) in [5, 5.41) is 0. The number of hydrogen-bond acceptors (Lipinski definition) is 3. The van der Waals surface area contributed by atoms with Crippen molar-refractivity contribution in [3.8, 4) is 157 Å². The molecule has 0 fully saturated rings. The van der Waals surface area contributed by atoms with Gasteiger partial charge in [-0.2, -0.15) is 0 Å². The van der Waals surface area contributed by atoms with Gasteiger partial charge in [-0.15, -0.1) is 83.4 Å². The summed E-state index contributed by atoms with van der Waals surface area (Å²) in [6.45, 7) is 0. The average Bonchev–Trinajstić information content (AvgIpc) is 1.18. The van der Waals surface area contributed by atoms with Crippen LogP contribution in [0.25, 0.3) is 157 Å². The van der Waals surface area contributed by atoms with Gasteiger partial charge in [0, 0.05) is 0 Å². The molecule has 0 aliphatic carbocycles. The molecular weight excluding hydrogens is 1280 g/mol. The third-order valence-electron chi connectivity index (χ3n) is 16.7. The molecule has 0 atom stereocenters. The summed E-state index contributed by atoms with van der Waals surface area (Å²) in [5.74, 6) is 0. The quantitative estimate of drug-likeness (QED) is 0.102. The van der Waals surface area contributed by atoms with Gasteiger partial charge in [-0.3, -0.25) is 15.0 Å². The van der Waals surface area contributed by atoms with Crippen LogP contribution in [-0.2, 0) is 20.1 Å². The van der Waals surface area contributed by atoms with Crippen LogP contribution in [0.4, 0.5) is 0 Å². The molecule has 0 N–H and O–H groups in total. The van der Waals surface area contributed by atoms with Crippen LogP contribution < -0.4 is 0 Å². The molecular formula is C87H56IrN3. The van der Waals surface area contributed by atoms with Gasteiger partial charge in [0.2, 0.25) is 0 Å². The molecule has 0 aliphatic heterocycles. The Hall–Kier alpha value is -11.3. The monoisotopic (exact) mass is 1340 g/mol. The van der Waals surface area contributed by atoms with Crippen molar-refractivity contribution in [3.63, 3.8) is 0 Å². The van der Waals surface area contributed by atoms with Gasteiger partial charge < -0.3 is 0 Å². The molecule has 0 saturated carbocycles. The molecule has 3 aromatic heterocycles. The van der Waals surface area contributed by atoms with Gasteiger partial charge in [0.25, 0.3) is 0 Å². The standard InChI is InChI=1S/C87H56N3.Ir/c1-5-22-60(23-6-1)61-42-44-64(45-43-61)81-59-70(87-41-21-38-84(90-87)67-28-11-4-12-29-67)54-55-80(81)79-35-18-17-34-78(79)73-57-71(76-32-15-13-30-74(76)62-46-50-68(51-47-62)85-39-19-36-82(88-85)65-24-7-2-8-25-65)56-72(58-73)77-33-16-14-31-75(77)63-48-52-69(53-49-63)86-40-20-37-83(89-86)66-26-9-3-10-27-66;/h1-50,52,55-59H;/q-3;+3. The Labute approximate surface area is 545 Å². The molecule has 4 heteroatoms. The van der Waals surface area contributed by atoms with Crippen LogP contribution in [-0.4, -0.2) is 15.0 Å². The molecule has 0 spiro atoms. The number of rotatable bonds is 14. The van der Waals surface area contributed by atoms with Crippen molar-refractivity contribution >= 4 is 0 Å². The molecule has 0 aliphatic rings. The predicted molar refractivity (Wildman–Crippen MR) is 372 cm³/mol. The fraction of sp³-hybridized carbons (Fsp3) is 0. The summed E-state index contributed by atoms with van der Waals surface area (Å²) in [6.07, 6.45) is 0. The first kappa shape index (κ1) is 57.5. The van der Waals surface area contributed by atoms with Crippen LogP contribution in [0.5, 0.6) is 0 Å². The molecule has 91 heavy (non-hydrogen) atoms. The SMILES string of the molecule is [Ir+3].[c-]1cc(-c2ccccc2-c2cc(-c3ccccc3-c3c[c-]c(-c4cccc(-c5ccccc5)n4)cc3)cc(-c3ccccc3-c3c[c-]c(-c4cccc(-c5ccccc5)n4)cc3-c3ccc(-c4ccccc4)cc3)c2)ccc1-c1cccc(-c2ccccc2)n1. The van der Waals surface area contributed by atoms with E-state index in [1.807, 2.05) is 42.5 Å². The fourth-order valence-electron chi connectivity index (χ4n) is 12.2. The van der Waals surface area contributed by atoms with E-state index in [4.69, 9.17) is 15.0 Å². The average molecular weight is 1340 g/mol. The maximum atomic E-state index is 5.23. The van der Waals surface area contributed by atoms with Gasteiger partial charge in [-0.1, -0.05) is 294 Å². The van der Waals surface area contributed by atoms with Gasteiger partial charge in [0.15, 0.2) is 0 Å². The van der Waals surface area contributed by atoms with Crippen LogP contribution >= 0.6 is 0 Å². The minimum Gasteiger partial charge on any atom is -0.296 e. The normalized spacial score (nSPS) is 11.0. The topological polar surface area (TPSA) is 38.7 Å². The third kappa shape index (κ3) is 12.2. The van der Waals surface area contributed by atoms with E-state index in [-0.39, 0.29) is 20.1 Å². The first-order chi connectivity index (χ1) is 44.6. The Kier molecular flexibility index (Phi) is 16.6. The van der Waals surface area contributed by atoms with E-state index in [1.54, 1.807) is 0 Å². The first-order valence-electron chi connectivity index (χ1n) is 30.4. The molecule has 428 valence electrons. The summed E-state index contributed by atoms with van der Waals surface area (Å²) in [7, 11) is 0. The zero-order valence-electron chi connectivity index (χ0n) is 49.5. The van der Waals surface area contributed by atoms with E-state index >= 15 is 0 Å². The maximum absolute atomic E-state index is 5.23. The van der Waals surface area contributed by atoms with E-state index in [0.29, 0.717) is 0 Å². The van der Waals surface area contributed by atoms with Gasteiger partial charge in [0.1, 0.15) is 0 Å². The molecule has 0 saturated heterocycles. The van der Waals surface area contributed by atoms with Crippen molar-refractivity contribution in [1.29, 1.82) is 0 Å². The molecule has 3 nitrogen and oxygen atoms in total. The van der Waals surface area contributed by atoms with Gasteiger partial charge in [-0.05, 0) is 120 Å². The summed E-state index contributed by atoms with van der Waals surface area (Å²) in [6, 6.07) is 131. The van der Waals surface area contributed by atoms with Crippen molar-refractivity contribution in [2.75, 3.05) is 0 Å². The van der Waals surface area contributed by atoms with Crippen LogP contribution in [0.3, 0.4) is 0 Å². The Balaban J connectivity index is 0.00000721. The van der Waals surface area contributed by atoms with Crippen LogP contribution in [0.1, 0.15) is 0 Å². The van der Waals surface area contributed by atoms with Gasteiger partial charge in [0.05, 0.1) is 17.1 Å². The van der Waals surface area contributed by atoms with Gasteiger partial charge >= 0.3 is 20.1 Å². The molecule has 0 amide bonds. The van der Waals surface area contributed by atoms with E-state index in [9.17, 15) is 0 Å². The molecule has 15 aromatic rings. The zero-order chi connectivity index (χ0) is 60.0. The van der Waals surface area contributed by atoms with Crippen molar-refractivity contribution < 1.29 is 20.1 Å². The second kappa shape index (κ2) is 26.2. The van der Waals surface area contributed by atoms with E-state index in [2.05, 4.69) is 315 Å². The smallest absolute Gasteiger partial charge is 0.296 e. The van der Waals surface area contributed by atoms with Crippen molar-refractivity contribution in [3.05, 3.63) is 358 Å². The fourth-order valence-corrected chi connectivity index (χ4v) is 12.2. The second-order valence-electron chi connectivity index (χ2n) is 22.4. The van der Waals surface area contributed by atoms with Crippen molar-refractivity contribution in [2.45, 2.75) is 0 Å². The molecule has 12 aromatic carbocycles. The molecule has 0 radical (unpaired) electrons. The minimum absolute atomic E-state index is 0. The third-order valence-corrected chi connectivity index (χ3v) is 16.7. The Morgan fingerprint density at radius 2 is 0.462 bits per heavy atom. The number of hydrogen-bond donors (Lipinski definition) is 0. The van der Waals surface area contributed by atoms with Gasteiger partial charge in [-0.25, -0.2) is 0 Å². The second-order valence-corrected chi connectivity index (χ2v) is 22.4. The molecule has 0 bridgehead atoms. The van der Waals surface area contributed by atoms with Crippen molar-refractivity contribution in [2.24, 2.45) is 0 Å². The number of benzene rings is 12. The maximum Gasteiger partial charge on any atom is 3.00 e. The number of pyridine rings is 3. The van der Waals surface area contributed by atoms with Crippen LogP contribution in [0.15, 0.2) is 340 Å². The zero-order valence-corrected chi connectivity index (χ0v) is 51.9. The molecule has 3 heterocycles. The predicted octanol–water partition coefficient (Wildman–Crippen LogP) is 22.6. The Bertz CT molecular complexity index is 4820. The summed E-state index contributed by atoms with van der Waals surface area (Å²) in [4.78, 5) is 15.4. The first-order valence-corrected chi connectivity index (χ1v) is 30.4. The summed E-state index contributed by atoms with van der Waals surface area (Å²) < 4.78 is 0. The Morgan fingerprint density at radius 3 is 0.857 bits per heavy atom. The van der Waals surface area contributed by atoms with Crippen LogP contribution in [0.2, 0.25) is 0 Å². The molecule has 0 unspecified atom stereocenters. The number of aromatic nitrogens is 3.